The maximum Gasteiger partial charge on any atom is 0.182 e. The summed E-state index contributed by atoms with van der Waals surface area (Å²) in [7, 11) is -3.36. The van der Waals surface area contributed by atoms with Gasteiger partial charge in [-0.05, 0) is 5.75 Å². The summed E-state index contributed by atoms with van der Waals surface area (Å²) in [5.74, 6) is 0.743. The van der Waals surface area contributed by atoms with Crippen molar-refractivity contribution in [3.8, 4) is 6.07 Å². The standard InChI is InChI=1S/C9H12N2O2S3/c1-3-14-9-8(16(12,13)4-2)7(11)6(5-10)15-9/h3-4,11H2,1-2H3. The molecular formula is C9H12N2O2S3. The lowest BCUT2D eigenvalue weighted by Crippen LogP contribution is -2.06. The van der Waals surface area contributed by atoms with E-state index in [4.69, 9.17) is 11.0 Å². The number of anilines is 1. The molecule has 1 rings (SSSR count). The molecule has 16 heavy (non-hydrogen) atoms. The Labute approximate surface area is 103 Å². The zero-order valence-corrected chi connectivity index (χ0v) is 11.4. The third-order valence-corrected chi connectivity index (χ3v) is 6.27. The van der Waals surface area contributed by atoms with Crippen molar-refractivity contribution in [3.05, 3.63) is 4.88 Å². The SMILES string of the molecule is CCSc1sc(C#N)c(N)c1S(=O)(=O)CC. The van der Waals surface area contributed by atoms with E-state index in [0.717, 1.165) is 17.1 Å². The summed E-state index contributed by atoms with van der Waals surface area (Å²) in [5.41, 5.74) is 5.80. The molecule has 1 heterocycles. The molecule has 2 N–H and O–H groups in total. The first-order chi connectivity index (χ1) is 7.47. The van der Waals surface area contributed by atoms with Gasteiger partial charge in [0.1, 0.15) is 15.8 Å². The maximum atomic E-state index is 11.9. The Balaban J connectivity index is 3.47. The number of sulfone groups is 1. The van der Waals surface area contributed by atoms with Crippen molar-refractivity contribution < 1.29 is 8.42 Å². The van der Waals surface area contributed by atoms with E-state index >= 15 is 0 Å². The summed E-state index contributed by atoms with van der Waals surface area (Å²) in [4.78, 5) is 0.423. The number of thiophene rings is 1. The lowest BCUT2D eigenvalue weighted by molar-refractivity contribution is 0.596. The predicted octanol–water partition coefficient (Wildman–Crippen LogP) is 2.11. The summed E-state index contributed by atoms with van der Waals surface area (Å²) in [6, 6.07) is 1.93. The second kappa shape index (κ2) is 5.08. The van der Waals surface area contributed by atoms with Crippen LogP contribution in [0.25, 0.3) is 0 Å². The van der Waals surface area contributed by atoms with Crippen LogP contribution in [-0.4, -0.2) is 19.9 Å². The average molecular weight is 276 g/mol. The molecule has 0 aliphatic carbocycles. The van der Waals surface area contributed by atoms with Crippen molar-refractivity contribution in [2.45, 2.75) is 23.0 Å². The third kappa shape index (κ3) is 2.34. The van der Waals surface area contributed by atoms with Crippen LogP contribution in [-0.2, 0) is 9.84 Å². The van der Waals surface area contributed by atoms with Gasteiger partial charge in [-0.3, -0.25) is 0 Å². The second-order valence-electron chi connectivity index (χ2n) is 2.91. The van der Waals surface area contributed by atoms with Gasteiger partial charge < -0.3 is 5.73 Å². The highest BCUT2D eigenvalue weighted by Crippen LogP contribution is 2.41. The van der Waals surface area contributed by atoms with Gasteiger partial charge >= 0.3 is 0 Å². The van der Waals surface area contributed by atoms with E-state index in [1.54, 1.807) is 6.92 Å². The first-order valence-corrected chi connectivity index (χ1v) is 8.11. The first-order valence-electron chi connectivity index (χ1n) is 4.65. The lowest BCUT2D eigenvalue weighted by Gasteiger charge is -2.03. The first kappa shape index (κ1) is 13.4. The molecule has 1 aromatic rings. The highest BCUT2D eigenvalue weighted by molar-refractivity contribution is 8.02. The van der Waals surface area contributed by atoms with Gasteiger partial charge in [-0.15, -0.1) is 23.1 Å². The monoisotopic (exact) mass is 276 g/mol. The molecule has 0 aliphatic rings. The Bertz CT molecular complexity index is 526. The van der Waals surface area contributed by atoms with Crippen LogP contribution in [0.5, 0.6) is 0 Å². The molecule has 0 aromatic carbocycles. The van der Waals surface area contributed by atoms with Crippen molar-refractivity contribution in [1.82, 2.24) is 0 Å². The Morgan fingerprint density at radius 3 is 2.56 bits per heavy atom. The van der Waals surface area contributed by atoms with Gasteiger partial charge in [-0.1, -0.05) is 13.8 Å². The molecule has 7 heteroatoms. The smallest absolute Gasteiger partial charge is 0.182 e. The zero-order valence-electron chi connectivity index (χ0n) is 8.98. The van der Waals surface area contributed by atoms with Gasteiger partial charge in [0.05, 0.1) is 15.6 Å². The molecule has 0 radical (unpaired) electrons. The predicted molar refractivity (Wildman–Crippen MR) is 67.6 cm³/mol. The van der Waals surface area contributed by atoms with Gasteiger partial charge in [0.25, 0.3) is 0 Å². The van der Waals surface area contributed by atoms with Crippen LogP contribution >= 0.6 is 23.1 Å². The molecule has 88 valence electrons. The number of nitrogens with two attached hydrogens (primary N) is 1. The van der Waals surface area contributed by atoms with Crippen LogP contribution < -0.4 is 5.73 Å². The number of nitrogen functional groups attached to an aromatic ring is 1. The van der Waals surface area contributed by atoms with Crippen LogP contribution in [0, 0.1) is 11.3 Å². The largest absolute Gasteiger partial charge is 0.396 e. The lowest BCUT2D eigenvalue weighted by atomic mass is 10.4. The van der Waals surface area contributed by atoms with Crippen LogP contribution in [0.2, 0.25) is 0 Å². The normalized spacial score (nSPS) is 11.3. The highest BCUT2D eigenvalue weighted by Gasteiger charge is 2.25. The van der Waals surface area contributed by atoms with Crippen molar-refractivity contribution in [3.63, 3.8) is 0 Å². The van der Waals surface area contributed by atoms with E-state index in [1.807, 2.05) is 13.0 Å². The molecule has 4 nitrogen and oxygen atoms in total. The quantitative estimate of drug-likeness (QED) is 0.851. The van der Waals surface area contributed by atoms with Gasteiger partial charge in [0, 0.05) is 0 Å². The summed E-state index contributed by atoms with van der Waals surface area (Å²) in [6.45, 7) is 3.49. The molecule has 0 bridgehead atoms. The van der Waals surface area contributed by atoms with Crippen LogP contribution in [0.15, 0.2) is 9.10 Å². The fourth-order valence-corrected chi connectivity index (χ4v) is 5.25. The Morgan fingerprint density at radius 2 is 2.12 bits per heavy atom. The number of nitriles is 1. The summed E-state index contributed by atoms with van der Waals surface area (Å²) in [5, 5.41) is 8.84. The van der Waals surface area contributed by atoms with Gasteiger partial charge in [0.2, 0.25) is 0 Å². The Morgan fingerprint density at radius 1 is 1.50 bits per heavy atom. The second-order valence-corrected chi connectivity index (χ2v) is 7.68. The minimum atomic E-state index is -3.36. The maximum absolute atomic E-state index is 11.9. The van der Waals surface area contributed by atoms with Crippen LogP contribution in [0.4, 0.5) is 5.69 Å². The number of nitrogens with zero attached hydrogens (tertiary/aromatic N) is 1. The summed E-state index contributed by atoms with van der Waals surface area (Å²) < 4.78 is 24.3. The summed E-state index contributed by atoms with van der Waals surface area (Å²) in [6.07, 6.45) is 0. The van der Waals surface area contributed by atoms with Crippen molar-refractivity contribution in [2.75, 3.05) is 17.2 Å². The van der Waals surface area contributed by atoms with Crippen molar-refractivity contribution in [1.29, 1.82) is 5.26 Å². The zero-order chi connectivity index (χ0) is 12.3. The van der Waals surface area contributed by atoms with Gasteiger partial charge in [-0.2, -0.15) is 5.26 Å². The number of thioether (sulfide) groups is 1. The van der Waals surface area contributed by atoms with Crippen molar-refractivity contribution >= 4 is 38.6 Å². The van der Waals surface area contributed by atoms with E-state index in [0.29, 0.717) is 4.21 Å². The van der Waals surface area contributed by atoms with E-state index in [1.165, 1.54) is 11.8 Å². The van der Waals surface area contributed by atoms with E-state index in [9.17, 15) is 8.42 Å². The molecule has 0 amide bonds. The highest BCUT2D eigenvalue weighted by atomic mass is 32.2. The van der Waals surface area contributed by atoms with E-state index in [-0.39, 0.29) is 21.2 Å². The Kier molecular flexibility index (Phi) is 4.24. The fraction of sp³-hybridized carbons (Fsp3) is 0.444. The molecule has 0 atom stereocenters. The molecule has 1 aromatic heterocycles. The Hall–Kier alpha value is -0.710. The van der Waals surface area contributed by atoms with E-state index < -0.39 is 9.84 Å². The molecule has 0 aliphatic heterocycles. The minimum Gasteiger partial charge on any atom is -0.396 e. The number of hydrogen-bond donors (Lipinski definition) is 1. The van der Waals surface area contributed by atoms with Crippen molar-refractivity contribution in [2.24, 2.45) is 0 Å². The van der Waals surface area contributed by atoms with Crippen LogP contribution in [0.3, 0.4) is 0 Å². The molecule has 0 spiro atoms. The minimum absolute atomic E-state index is 0.00389. The fourth-order valence-electron chi connectivity index (χ4n) is 1.16. The molecular weight excluding hydrogens is 264 g/mol. The molecule has 0 fully saturated rings. The summed E-state index contributed by atoms with van der Waals surface area (Å²) >= 11 is 2.55. The van der Waals surface area contributed by atoms with Gasteiger partial charge in [-0.25, -0.2) is 8.42 Å². The molecule has 0 saturated heterocycles. The van der Waals surface area contributed by atoms with E-state index in [2.05, 4.69) is 0 Å². The topological polar surface area (TPSA) is 83.9 Å². The van der Waals surface area contributed by atoms with Crippen LogP contribution in [0.1, 0.15) is 18.7 Å². The molecule has 0 unspecified atom stereocenters. The average Bonchev–Trinajstić information content (AvgIpc) is 2.56. The third-order valence-electron chi connectivity index (χ3n) is 1.94. The molecule has 0 saturated carbocycles. The van der Waals surface area contributed by atoms with Gasteiger partial charge in [0.15, 0.2) is 9.84 Å². The number of hydrogen-bond acceptors (Lipinski definition) is 6. The number of rotatable bonds is 4.